The van der Waals surface area contributed by atoms with E-state index in [4.69, 9.17) is 9.79 Å². The third-order valence-electron chi connectivity index (χ3n) is 1.51. The molecule has 0 aliphatic carbocycles. The van der Waals surface area contributed by atoms with Crippen LogP contribution in [0.25, 0.3) is 0 Å². The van der Waals surface area contributed by atoms with Gasteiger partial charge in [0.25, 0.3) is 0 Å². The Morgan fingerprint density at radius 1 is 1.50 bits per heavy atom. The standard InChI is InChI=1S/C9H10NO5P/c1-2-9(11)10-7-4-3-5-8(6-7)15-16(12,13)14/h2-6H,1H2,(H,10,11)(H2,12,13,14). The maximum Gasteiger partial charge on any atom is 0.524 e. The van der Waals surface area contributed by atoms with E-state index >= 15 is 0 Å². The van der Waals surface area contributed by atoms with Crippen molar-refractivity contribution in [2.75, 3.05) is 5.32 Å². The fourth-order valence-electron chi connectivity index (χ4n) is 0.961. The van der Waals surface area contributed by atoms with Gasteiger partial charge in [0.05, 0.1) is 0 Å². The Labute approximate surface area is 91.8 Å². The summed E-state index contributed by atoms with van der Waals surface area (Å²) in [7, 11) is -4.58. The lowest BCUT2D eigenvalue weighted by molar-refractivity contribution is -0.111. The summed E-state index contributed by atoms with van der Waals surface area (Å²) < 4.78 is 14.9. The van der Waals surface area contributed by atoms with Gasteiger partial charge in [-0.25, -0.2) is 4.57 Å². The van der Waals surface area contributed by atoms with Crippen molar-refractivity contribution in [3.8, 4) is 5.75 Å². The van der Waals surface area contributed by atoms with E-state index in [0.717, 1.165) is 6.08 Å². The van der Waals surface area contributed by atoms with Crippen molar-refractivity contribution in [1.82, 2.24) is 0 Å². The summed E-state index contributed by atoms with van der Waals surface area (Å²) in [5.74, 6) is -0.455. The van der Waals surface area contributed by atoms with Crippen molar-refractivity contribution in [3.63, 3.8) is 0 Å². The molecule has 0 aliphatic heterocycles. The van der Waals surface area contributed by atoms with Crippen molar-refractivity contribution in [2.45, 2.75) is 0 Å². The summed E-state index contributed by atoms with van der Waals surface area (Å²) in [6.07, 6.45) is 1.08. The van der Waals surface area contributed by atoms with E-state index in [1.54, 1.807) is 6.07 Å². The van der Waals surface area contributed by atoms with Gasteiger partial charge in [-0.15, -0.1) is 0 Å². The number of hydrogen-bond acceptors (Lipinski definition) is 3. The number of rotatable bonds is 4. The zero-order chi connectivity index (χ0) is 12.2. The number of phosphoric ester groups is 1. The maximum absolute atomic E-state index is 11.0. The van der Waals surface area contributed by atoms with E-state index in [1.807, 2.05) is 0 Å². The predicted molar refractivity (Wildman–Crippen MR) is 57.9 cm³/mol. The van der Waals surface area contributed by atoms with Crippen LogP contribution in [0.1, 0.15) is 0 Å². The number of carbonyl (C=O) groups is 1. The van der Waals surface area contributed by atoms with Crippen LogP contribution in [0, 0.1) is 0 Å². The zero-order valence-corrected chi connectivity index (χ0v) is 9.05. The molecule has 0 bridgehead atoms. The van der Waals surface area contributed by atoms with Crippen molar-refractivity contribution >= 4 is 19.4 Å². The van der Waals surface area contributed by atoms with Crippen LogP contribution in [0.5, 0.6) is 5.75 Å². The zero-order valence-electron chi connectivity index (χ0n) is 8.16. The lowest BCUT2D eigenvalue weighted by atomic mass is 10.3. The molecule has 1 aromatic rings. The summed E-state index contributed by atoms with van der Waals surface area (Å²) in [4.78, 5) is 28.1. The topological polar surface area (TPSA) is 95.9 Å². The van der Waals surface area contributed by atoms with Crippen molar-refractivity contribution in [1.29, 1.82) is 0 Å². The van der Waals surface area contributed by atoms with Crippen LogP contribution in [0.3, 0.4) is 0 Å². The SMILES string of the molecule is C=CC(=O)Nc1cccc(OP(=O)(O)O)c1. The molecule has 1 aromatic carbocycles. The highest BCUT2D eigenvalue weighted by molar-refractivity contribution is 7.46. The second-order valence-corrected chi connectivity index (χ2v) is 3.97. The Morgan fingerprint density at radius 2 is 2.19 bits per heavy atom. The number of benzene rings is 1. The highest BCUT2D eigenvalue weighted by Gasteiger charge is 2.15. The molecular weight excluding hydrogens is 233 g/mol. The molecule has 1 amide bonds. The van der Waals surface area contributed by atoms with Gasteiger partial charge in [0.15, 0.2) is 0 Å². The van der Waals surface area contributed by atoms with Gasteiger partial charge in [-0.05, 0) is 18.2 Å². The number of amides is 1. The van der Waals surface area contributed by atoms with Gasteiger partial charge in [-0.3, -0.25) is 14.6 Å². The fourth-order valence-corrected chi connectivity index (χ4v) is 1.35. The molecule has 6 nitrogen and oxygen atoms in total. The maximum atomic E-state index is 11.0. The first-order valence-corrected chi connectivity index (χ1v) is 5.72. The first-order valence-electron chi connectivity index (χ1n) is 4.19. The number of carbonyl (C=O) groups excluding carboxylic acids is 1. The molecule has 0 saturated carbocycles. The largest absolute Gasteiger partial charge is 0.524 e. The van der Waals surface area contributed by atoms with Crippen molar-refractivity contribution < 1.29 is 23.7 Å². The molecule has 0 heterocycles. The molecule has 0 saturated heterocycles. The molecule has 7 heteroatoms. The van der Waals surface area contributed by atoms with Gasteiger partial charge in [-0.1, -0.05) is 12.6 Å². The van der Waals surface area contributed by atoms with E-state index < -0.39 is 13.7 Å². The third-order valence-corrected chi connectivity index (χ3v) is 1.96. The van der Waals surface area contributed by atoms with E-state index in [2.05, 4.69) is 16.4 Å². The number of nitrogens with one attached hydrogen (secondary N) is 1. The summed E-state index contributed by atoms with van der Waals surface area (Å²) in [6, 6.07) is 5.70. The first kappa shape index (κ1) is 12.4. The molecule has 0 radical (unpaired) electrons. The van der Waals surface area contributed by atoms with Crippen LogP contribution in [0.4, 0.5) is 5.69 Å². The van der Waals surface area contributed by atoms with Crippen LogP contribution in [0.2, 0.25) is 0 Å². The second kappa shape index (κ2) is 4.94. The third kappa shape index (κ3) is 4.27. The van der Waals surface area contributed by atoms with E-state index in [1.165, 1.54) is 18.2 Å². The van der Waals surface area contributed by atoms with Gasteiger partial charge in [-0.2, -0.15) is 0 Å². The summed E-state index contributed by atoms with van der Waals surface area (Å²) in [5, 5.41) is 2.43. The van der Waals surface area contributed by atoms with Crippen LogP contribution in [0.15, 0.2) is 36.9 Å². The molecule has 0 aromatic heterocycles. The Bertz CT molecular complexity index is 453. The van der Waals surface area contributed by atoms with E-state index in [0.29, 0.717) is 5.69 Å². The van der Waals surface area contributed by atoms with Crippen LogP contribution >= 0.6 is 7.82 Å². The molecule has 3 N–H and O–H groups in total. The number of hydrogen-bond donors (Lipinski definition) is 3. The Balaban J connectivity index is 2.83. The first-order chi connectivity index (χ1) is 7.40. The highest BCUT2D eigenvalue weighted by Crippen LogP contribution is 2.38. The van der Waals surface area contributed by atoms with Gasteiger partial charge in [0, 0.05) is 11.8 Å². The molecule has 0 fully saturated rings. The smallest absolute Gasteiger partial charge is 0.404 e. The molecule has 0 atom stereocenters. The number of phosphoric acid groups is 1. The summed E-state index contributed by atoms with van der Waals surface area (Å²) in [6.45, 7) is 3.27. The minimum atomic E-state index is -4.58. The lowest BCUT2D eigenvalue weighted by Gasteiger charge is -2.08. The fraction of sp³-hybridized carbons (Fsp3) is 0. The van der Waals surface area contributed by atoms with Crippen molar-refractivity contribution in [3.05, 3.63) is 36.9 Å². The van der Waals surface area contributed by atoms with E-state index in [-0.39, 0.29) is 5.75 Å². The van der Waals surface area contributed by atoms with Crippen molar-refractivity contribution in [2.24, 2.45) is 0 Å². The predicted octanol–water partition coefficient (Wildman–Crippen LogP) is 1.28. The molecule has 0 spiro atoms. The van der Waals surface area contributed by atoms with Gasteiger partial charge in [0.1, 0.15) is 5.75 Å². The second-order valence-electron chi connectivity index (χ2n) is 2.80. The molecule has 0 unspecified atom stereocenters. The Hall–Kier alpha value is -1.62. The van der Waals surface area contributed by atoms with E-state index in [9.17, 15) is 9.36 Å². The molecule has 16 heavy (non-hydrogen) atoms. The minimum absolute atomic E-state index is 0.0322. The van der Waals surface area contributed by atoms with Gasteiger partial charge in [0.2, 0.25) is 5.91 Å². The Morgan fingerprint density at radius 3 is 2.75 bits per heavy atom. The average Bonchev–Trinajstić information content (AvgIpc) is 2.15. The van der Waals surface area contributed by atoms with Gasteiger partial charge < -0.3 is 9.84 Å². The van der Waals surface area contributed by atoms with Crippen LogP contribution in [-0.4, -0.2) is 15.7 Å². The van der Waals surface area contributed by atoms with Gasteiger partial charge >= 0.3 is 7.82 Å². The number of anilines is 1. The molecule has 86 valence electrons. The Kier molecular flexibility index (Phi) is 3.84. The lowest BCUT2D eigenvalue weighted by Crippen LogP contribution is -2.07. The molecule has 0 aliphatic rings. The molecule has 1 rings (SSSR count). The monoisotopic (exact) mass is 243 g/mol. The summed E-state index contributed by atoms with van der Waals surface area (Å²) in [5.41, 5.74) is 0.357. The summed E-state index contributed by atoms with van der Waals surface area (Å²) >= 11 is 0. The quantitative estimate of drug-likeness (QED) is 0.546. The molecular formula is C9H10NO5P. The van der Waals surface area contributed by atoms with Crippen LogP contribution in [-0.2, 0) is 9.36 Å². The van der Waals surface area contributed by atoms with Crippen LogP contribution < -0.4 is 9.84 Å². The average molecular weight is 243 g/mol. The minimum Gasteiger partial charge on any atom is -0.404 e. The normalized spacial score (nSPS) is 10.6. The highest BCUT2D eigenvalue weighted by atomic mass is 31.2.